The number of carbonyl (C=O) groups excluding carboxylic acids is 1. The van der Waals surface area contributed by atoms with E-state index < -0.39 is 17.5 Å². The van der Waals surface area contributed by atoms with E-state index in [1.54, 1.807) is 5.38 Å². The van der Waals surface area contributed by atoms with Gasteiger partial charge in [0.15, 0.2) is 5.82 Å². The molecular formula is C12H8Cl2F2N2OS. The van der Waals surface area contributed by atoms with Gasteiger partial charge in [0.2, 0.25) is 5.91 Å². The predicted molar refractivity (Wildman–Crippen MR) is 75.4 cm³/mol. The number of hydrogen-bond donors (Lipinski definition) is 1. The molecule has 2 rings (SSSR count). The molecule has 0 unspecified atom stereocenters. The maximum absolute atomic E-state index is 13.5. The summed E-state index contributed by atoms with van der Waals surface area (Å²) in [5, 5.41) is 4.39. The van der Waals surface area contributed by atoms with Gasteiger partial charge in [-0.15, -0.1) is 22.9 Å². The van der Waals surface area contributed by atoms with Gasteiger partial charge in [-0.2, -0.15) is 0 Å². The lowest BCUT2D eigenvalue weighted by Gasteiger charge is -2.07. The number of carbonyl (C=O) groups is 1. The fourth-order valence-electron chi connectivity index (χ4n) is 1.47. The van der Waals surface area contributed by atoms with Gasteiger partial charge in [0.1, 0.15) is 10.8 Å². The van der Waals surface area contributed by atoms with E-state index >= 15 is 0 Å². The number of nitrogens with zero attached hydrogens (tertiary/aromatic N) is 1. The molecule has 8 heteroatoms. The normalized spacial score (nSPS) is 10.6. The van der Waals surface area contributed by atoms with E-state index in [1.165, 1.54) is 11.3 Å². The van der Waals surface area contributed by atoms with Crippen LogP contribution in [0.3, 0.4) is 0 Å². The lowest BCUT2D eigenvalue weighted by atomic mass is 10.3. The topological polar surface area (TPSA) is 42.0 Å². The van der Waals surface area contributed by atoms with Crippen molar-refractivity contribution in [3.8, 4) is 0 Å². The van der Waals surface area contributed by atoms with E-state index in [4.69, 9.17) is 23.2 Å². The number of nitrogens with one attached hydrogen (secondary N) is 1. The standard InChI is InChI=1S/C12H8Cl2F2N2OS/c13-4-7-5-20-11(17-7)3-10(19)18-12-8(14)1-6(15)2-9(12)16/h1-2,5H,3-4H2,(H,18,19). The highest BCUT2D eigenvalue weighted by Crippen LogP contribution is 2.26. The molecule has 20 heavy (non-hydrogen) atoms. The largest absolute Gasteiger partial charge is 0.322 e. The van der Waals surface area contributed by atoms with Crippen LogP contribution in [-0.4, -0.2) is 10.9 Å². The Labute approximate surface area is 127 Å². The maximum atomic E-state index is 13.5. The minimum atomic E-state index is -0.927. The third-order valence-electron chi connectivity index (χ3n) is 2.32. The maximum Gasteiger partial charge on any atom is 0.231 e. The van der Waals surface area contributed by atoms with E-state index in [2.05, 4.69) is 10.3 Å². The average molecular weight is 337 g/mol. The summed E-state index contributed by atoms with van der Waals surface area (Å²) < 4.78 is 26.4. The molecular weight excluding hydrogens is 329 g/mol. The lowest BCUT2D eigenvalue weighted by Crippen LogP contribution is -2.15. The Balaban J connectivity index is 2.08. The predicted octanol–water partition coefficient (Wildman–Crippen LogP) is 3.99. The Kier molecular flexibility index (Phi) is 4.91. The van der Waals surface area contributed by atoms with Crippen molar-refractivity contribution in [2.45, 2.75) is 12.3 Å². The number of thiazole rings is 1. The summed E-state index contributed by atoms with van der Waals surface area (Å²) in [7, 11) is 0. The SMILES string of the molecule is O=C(Cc1nc(CCl)cs1)Nc1c(F)cc(F)cc1Cl. The molecule has 0 atom stereocenters. The summed E-state index contributed by atoms with van der Waals surface area (Å²) >= 11 is 12.6. The van der Waals surface area contributed by atoms with Gasteiger partial charge in [-0.1, -0.05) is 11.6 Å². The Hall–Kier alpha value is -1.24. The average Bonchev–Trinajstić information content (AvgIpc) is 2.81. The Morgan fingerprint density at radius 2 is 2.15 bits per heavy atom. The van der Waals surface area contributed by atoms with E-state index in [9.17, 15) is 13.6 Å². The molecule has 0 aliphatic carbocycles. The second-order valence-corrected chi connectivity index (χ2v) is 5.45. The fourth-order valence-corrected chi connectivity index (χ4v) is 2.74. The van der Waals surface area contributed by atoms with Gasteiger partial charge < -0.3 is 5.32 Å². The number of aromatic nitrogens is 1. The first-order chi connectivity index (χ1) is 9.49. The molecule has 0 radical (unpaired) electrons. The van der Waals surface area contributed by atoms with Crippen molar-refractivity contribution in [3.63, 3.8) is 0 Å². The van der Waals surface area contributed by atoms with E-state index in [-0.39, 0.29) is 23.0 Å². The van der Waals surface area contributed by atoms with Crippen LogP contribution in [0.2, 0.25) is 5.02 Å². The van der Waals surface area contributed by atoms with Gasteiger partial charge in [0.05, 0.1) is 28.7 Å². The number of halogens is 4. The minimum absolute atomic E-state index is 0.0330. The van der Waals surface area contributed by atoms with Crippen LogP contribution < -0.4 is 5.32 Å². The van der Waals surface area contributed by atoms with Crippen LogP contribution in [0.1, 0.15) is 10.7 Å². The molecule has 0 saturated carbocycles. The Morgan fingerprint density at radius 3 is 2.75 bits per heavy atom. The lowest BCUT2D eigenvalue weighted by molar-refractivity contribution is -0.115. The van der Waals surface area contributed by atoms with Gasteiger partial charge >= 0.3 is 0 Å². The molecule has 1 heterocycles. The van der Waals surface area contributed by atoms with Gasteiger partial charge in [-0.25, -0.2) is 13.8 Å². The van der Waals surface area contributed by atoms with Crippen molar-refractivity contribution in [1.29, 1.82) is 0 Å². The van der Waals surface area contributed by atoms with Gasteiger partial charge in [-0.05, 0) is 6.07 Å². The number of rotatable bonds is 4. The zero-order valence-electron chi connectivity index (χ0n) is 9.92. The molecule has 0 aliphatic rings. The number of anilines is 1. The smallest absolute Gasteiger partial charge is 0.231 e. The quantitative estimate of drug-likeness (QED) is 0.857. The van der Waals surface area contributed by atoms with Crippen molar-refractivity contribution in [3.05, 3.63) is 44.9 Å². The molecule has 2 aromatic rings. The summed E-state index contributed by atoms with van der Waals surface area (Å²) in [6.45, 7) is 0. The van der Waals surface area contributed by atoms with Crippen LogP contribution >= 0.6 is 34.5 Å². The van der Waals surface area contributed by atoms with Gasteiger partial charge in [0.25, 0.3) is 0 Å². The van der Waals surface area contributed by atoms with Crippen molar-refractivity contribution in [1.82, 2.24) is 4.98 Å². The summed E-state index contributed by atoms with van der Waals surface area (Å²) in [4.78, 5) is 15.9. The molecule has 1 amide bonds. The van der Waals surface area contributed by atoms with Crippen molar-refractivity contribution in [2.75, 3.05) is 5.32 Å². The van der Waals surface area contributed by atoms with Gasteiger partial charge in [-0.3, -0.25) is 4.79 Å². The highest BCUT2D eigenvalue weighted by Gasteiger charge is 2.14. The Morgan fingerprint density at radius 1 is 1.40 bits per heavy atom. The van der Waals surface area contributed by atoms with Crippen molar-refractivity contribution < 1.29 is 13.6 Å². The third kappa shape index (κ3) is 3.65. The number of amides is 1. The first-order valence-electron chi connectivity index (χ1n) is 5.43. The molecule has 1 N–H and O–H groups in total. The van der Waals surface area contributed by atoms with Crippen LogP contribution in [0.4, 0.5) is 14.5 Å². The van der Waals surface area contributed by atoms with Crippen molar-refractivity contribution in [2.24, 2.45) is 0 Å². The molecule has 3 nitrogen and oxygen atoms in total. The van der Waals surface area contributed by atoms with E-state index in [1.807, 2.05) is 0 Å². The van der Waals surface area contributed by atoms with E-state index in [0.717, 1.165) is 6.07 Å². The number of hydrogen-bond acceptors (Lipinski definition) is 3. The molecule has 1 aromatic heterocycles. The van der Waals surface area contributed by atoms with Crippen LogP contribution in [0.15, 0.2) is 17.5 Å². The summed E-state index contributed by atoms with van der Waals surface area (Å²) in [5.41, 5.74) is 0.428. The highest BCUT2D eigenvalue weighted by atomic mass is 35.5. The molecule has 106 valence electrons. The zero-order valence-corrected chi connectivity index (χ0v) is 12.3. The third-order valence-corrected chi connectivity index (χ3v) is 3.79. The molecule has 1 aromatic carbocycles. The summed E-state index contributed by atoms with van der Waals surface area (Å²) in [6.07, 6.45) is -0.0330. The number of alkyl halides is 1. The number of benzene rings is 1. The fraction of sp³-hybridized carbons (Fsp3) is 0.167. The summed E-state index contributed by atoms with van der Waals surface area (Å²) in [5.74, 6) is -1.97. The van der Waals surface area contributed by atoms with Crippen LogP contribution in [0.5, 0.6) is 0 Å². The van der Waals surface area contributed by atoms with Crippen molar-refractivity contribution >= 4 is 46.1 Å². The van der Waals surface area contributed by atoms with Gasteiger partial charge in [0, 0.05) is 11.4 Å². The minimum Gasteiger partial charge on any atom is -0.322 e. The van der Waals surface area contributed by atoms with E-state index in [0.29, 0.717) is 16.8 Å². The molecule has 0 fully saturated rings. The first-order valence-corrected chi connectivity index (χ1v) is 7.22. The molecule has 0 bridgehead atoms. The van der Waals surface area contributed by atoms with Crippen LogP contribution in [0.25, 0.3) is 0 Å². The zero-order chi connectivity index (χ0) is 14.7. The highest BCUT2D eigenvalue weighted by molar-refractivity contribution is 7.09. The second-order valence-electron chi connectivity index (χ2n) is 3.84. The summed E-state index contributed by atoms with van der Waals surface area (Å²) in [6, 6.07) is 1.58. The Bertz CT molecular complexity index is 625. The first kappa shape index (κ1) is 15.2. The molecule has 0 saturated heterocycles. The monoisotopic (exact) mass is 336 g/mol. The second kappa shape index (κ2) is 6.47. The molecule has 0 spiro atoms. The molecule has 0 aliphatic heterocycles. The van der Waals surface area contributed by atoms with Crippen LogP contribution in [-0.2, 0) is 17.1 Å². The van der Waals surface area contributed by atoms with Crippen LogP contribution in [0, 0.1) is 11.6 Å².